The van der Waals surface area contributed by atoms with Crippen LogP contribution in [0.1, 0.15) is 13.3 Å². The average Bonchev–Trinajstić information content (AvgIpc) is 2.46. The lowest BCUT2D eigenvalue weighted by molar-refractivity contribution is 0.846. The van der Waals surface area contributed by atoms with Crippen LogP contribution in [-0.4, -0.2) is 11.7 Å². The summed E-state index contributed by atoms with van der Waals surface area (Å²) in [4.78, 5) is 0. The molecule has 0 saturated heterocycles. The van der Waals surface area contributed by atoms with E-state index < -0.39 is 0 Å². The molecule has 0 aromatic heterocycles. The number of benzene rings is 2. The van der Waals surface area contributed by atoms with Gasteiger partial charge in [0.15, 0.2) is 5.11 Å². The summed E-state index contributed by atoms with van der Waals surface area (Å²) < 4.78 is 0. The minimum Gasteiger partial charge on any atom is -0.362 e. The lowest BCUT2D eigenvalue weighted by atomic mass is 10.2. The van der Waals surface area contributed by atoms with Gasteiger partial charge in [-0.2, -0.15) is 0 Å². The summed E-state index contributed by atoms with van der Waals surface area (Å²) >= 11 is 5.23. The van der Waals surface area contributed by atoms with Gasteiger partial charge in [0.05, 0.1) is 0 Å². The van der Waals surface area contributed by atoms with Crippen LogP contribution in [0.15, 0.2) is 54.6 Å². The summed E-state index contributed by atoms with van der Waals surface area (Å²) in [5, 5.41) is 10.3. The molecule has 0 amide bonds. The Labute approximate surface area is 125 Å². The predicted molar refractivity (Wildman–Crippen MR) is 90.7 cm³/mol. The van der Waals surface area contributed by atoms with Crippen LogP contribution in [0, 0.1) is 0 Å². The zero-order valence-corrected chi connectivity index (χ0v) is 12.3. The van der Waals surface area contributed by atoms with Gasteiger partial charge >= 0.3 is 0 Å². The summed E-state index contributed by atoms with van der Waals surface area (Å²) in [5.74, 6) is 0. The monoisotopic (exact) mass is 285 g/mol. The summed E-state index contributed by atoms with van der Waals surface area (Å²) in [7, 11) is 0. The third kappa shape index (κ3) is 4.55. The van der Waals surface area contributed by atoms with E-state index in [2.05, 4.69) is 22.9 Å². The van der Waals surface area contributed by atoms with Crippen molar-refractivity contribution in [3.63, 3.8) is 0 Å². The molecular formula is C16H19N3S. The maximum Gasteiger partial charge on any atom is 0.170 e. The molecule has 0 aliphatic rings. The van der Waals surface area contributed by atoms with Gasteiger partial charge in [-0.25, -0.2) is 0 Å². The van der Waals surface area contributed by atoms with Crippen LogP contribution in [0.2, 0.25) is 0 Å². The summed E-state index contributed by atoms with van der Waals surface area (Å²) in [5.41, 5.74) is 3.07. The predicted octanol–water partition coefficient (Wildman–Crippen LogP) is 4.13. The number of hydrogen-bond donors (Lipinski definition) is 3. The molecule has 3 N–H and O–H groups in total. The summed E-state index contributed by atoms with van der Waals surface area (Å²) in [6.07, 6.45) is 1.05. The highest BCUT2D eigenvalue weighted by Gasteiger charge is 1.99. The first-order valence-electron chi connectivity index (χ1n) is 6.75. The van der Waals surface area contributed by atoms with Gasteiger partial charge in [0.25, 0.3) is 0 Å². The van der Waals surface area contributed by atoms with Crippen molar-refractivity contribution >= 4 is 34.4 Å². The van der Waals surface area contributed by atoms with E-state index in [4.69, 9.17) is 12.2 Å². The van der Waals surface area contributed by atoms with Crippen molar-refractivity contribution in [3.05, 3.63) is 54.6 Å². The maximum atomic E-state index is 5.23. The molecular weight excluding hydrogens is 266 g/mol. The molecule has 0 fully saturated rings. The van der Waals surface area contributed by atoms with Crippen molar-refractivity contribution < 1.29 is 0 Å². The van der Waals surface area contributed by atoms with Gasteiger partial charge in [-0.3, -0.25) is 0 Å². The van der Waals surface area contributed by atoms with E-state index in [9.17, 15) is 0 Å². The number of rotatable bonds is 5. The van der Waals surface area contributed by atoms with E-state index in [0.29, 0.717) is 5.11 Å². The Morgan fingerprint density at radius 3 is 2.40 bits per heavy atom. The molecule has 0 radical (unpaired) electrons. The van der Waals surface area contributed by atoms with Gasteiger partial charge < -0.3 is 16.0 Å². The van der Waals surface area contributed by atoms with Gasteiger partial charge in [0, 0.05) is 23.6 Å². The fraction of sp³-hybridized carbons (Fsp3) is 0.188. The van der Waals surface area contributed by atoms with Crippen molar-refractivity contribution in [1.29, 1.82) is 0 Å². The highest BCUT2D eigenvalue weighted by atomic mass is 32.1. The standard InChI is InChI=1S/C16H19N3S/c1-2-11-17-16(20)19-15-10-6-9-14(12-15)18-13-7-4-3-5-8-13/h3-10,12,18H,2,11H2,1H3,(H2,17,19,20). The van der Waals surface area contributed by atoms with Gasteiger partial charge in [0.1, 0.15) is 0 Å². The number of para-hydroxylation sites is 1. The second-order valence-corrected chi connectivity index (χ2v) is 4.86. The summed E-state index contributed by atoms with van der Waals surface area (Å²) in [6, 6.07) is 18.1. The Morgan fingerprint density at radius 2 is 1.65 bits per heavy atom. The van der Waals surface area contributed by atoms with Gasteiger partial charge in [-0.05, 0) is 49.0 Å². The van der Waals surface area contributed by atoms with E-state index in [1.54, 1.807) is 0 Å². The molecule has 2 rings (SSSR count). The Balaban J connectivity index is 1.99. The Morgan fingerprint density at radius 1 is 0.950 bits per heavy atom. The topological polar surface area (TPSA) is 36.1 Å². The molecule has 0 aliphatic carbocycles. The number of hydrogen-bond acceptors (Lipinski definition) is 2. The van der Waals surface area contributed by atoms with E-state index in [1.807, 2.05) is 54.6 Å². The fourth-order valence-corrected chi connectivity index (χ4v) is 2.00. The average molecular weight is 285 g/mol. The highest BCUT2D eigenvalue weighted by molar-refractivity contribution is 7.80. The molecule has 0 saturated carbocycles. The van der Waals surface area contributed by atoms with E-state index in [0.717, 1.165) is 30.0 Å². The van der Waals surface area contributed by atoms with Crippen LogP contribution in [-0.2, 0) is 0 Å². The smallest absolute Gasteiger partial charge is 0.170 e. The van der Waals surface area contributed by atoms with Crippen LogP contribution in [0.4, 0.5) is 17.1 Å². The molecule has 0 spiro atoms. The van der Waals surface area contributed by atoms with Crippen LogP contribution >= 0.6 is 12.2 Å². The molecule has 2 aromatic carbocycles. The molecule has 104 valence electrons. The first kappa shape index (κ1) is 14.3. The minimum atomic E-state index is 0.656. The van der Waals surface area contributed by atoms with Crippen LogP contribution in [0.25, 0.3) is 0 Å². The van der Waals surface area contributed by atoms with Crippen molar-refractivity contribution in [3.8, 4) is 0 Å². The van der Waals surface area contributed by atoms with Crippen molar-refractivity contribution in [1.82, 2.24) is 5.32 Å². The molecule has 2 aromatic rings. The van der Waals surface area contributed by atoms with Crippen molar-refractivity contribution in [2.75, 3.05) is 17.2 Å². The van der Waals surface area contributed by atoms with Gasteiger partial charge in [-0.15, -0.1) is 0 Å². The Hall–Kier alpha value is -2.07. The molecule has 0 bridgehead atoms. The molecule has 0 unspecified atom stereocenters. The zero-order chi connectivity index (χ0) is 14.2. The highest BCUT2D eigenvalue weighted by Crippen LogP contribution is 2.19. The van der Waals surface area contributed by atoms with Gasteiger partial charge in [0.2, 0.25) is 0 Å². The van der Waals surface area contributed by atoms with Crippen LogP contribution in [0.3, 0.4) is 0 Å². The zero-order valence-electron chi connectivity index (χ0n) is 11.5. The quantitative estimate of drug-likeness (QED) is 0.722. The molecule has 0 heterocycles. The molecule has 3 nitrogen and oxygen atoms in total. The van der Waals surface area contributed by atoms with Crippen molar-refractivity contribution in [2.24, 2.45) is 0 Å². The van der Waals surface area contributed by atoms with Crippen LogP contribution in [0.5, 0.6) is 0 Å². The fourth-order valence-electron chi connectivity index (χ4n) is 1.78. The summed E-state index contributed by atoms with van der Waals surface area (Å²) in [6.45, 7) is 2.99. The van der Waals surface area contributed by atoms with Crippen molar-refractivity contribution in [2.45, 2.75) is 13.3 Å². The first-order chi connectivity index (χ1) is 9.78. The molecule has 4 heteroatoms. The van der Waals surface area contributed by atoms with E-state index in [1.165, 1.54) is 0 Å². The van der Waals surface area contributed by atoms with E-state index >= 15 is 0 Å². The third-order valence-corrected chi connectivity index (χ3v) is 2.96. The third-order valence-electron chi connectivity index (χ3n) is 2.72. The second-order valence-electron chi connectivity index (χ2n) is 4.45. The normalized spacial score (nSPS) is 9.85. The minimum absolute atomic E-state index is 0.656. The first-order valence-corrected chi connectivity index (χ1v) is 7.16. The number of anilines is 3. The molecule has 0 aliphatic heterocycles. The largest absolute Gasteiger partial charge is 0.362 e. The lowest BCUT2D eigenvalue weighted by Crippen LogP contribution is -2.28. The number of nitrogens with one attached hydrogen (secondary N) is 3. The number of thiocarbonyl (C=S) groups is 1. The van der Waals surface area contributed by atoms with E-state index in [-0.39, 0.29) is 0 Å². The lowest BCUT2D eigenvalue weighted by Gasteiger charge is -2.12. The van der Waals surface area contributed by atoms with Crippen LogP contribution < -0.4 is 16.0 Å². The molecule has 20 heavy (non-hydrogen) atoms. The maximum absolute atomic E-state index is 5.23. The Bertz CT molecular complexity index is 555. The second kappa shape index (κ2) is 7.50. The molecule has 0 atom stereocenters. The Kier molecular flexibility index (Phi) is 5.38. The SMILES string of the molecule is CCCNC(=S)Nc1cccc(Nc2ccccc2)c1. The van der Waals surface area contributed by atoms with Gasteiger partial charge in [-0.1, -0.05) is 31.2 Å².